The number of rotatable bonds is 6. The molecule has 0 bridgehead atoms. The highest BCUT2D eigenvalue weighted by Crippen LogP contribution is 2.13. The minimum atomic E-state index is -0.0646. The molecule has 0 unspecified atom stereocenters. The maximum absolute atomic E-state index is 11.9. The van der Waals surface area contributed by atoms with Gasteiger partial charge in [-0.2, -0.15) is 16.4 Å². The molecule has 0 saturated carbocycles. The summed E-state index contributed by atoms with van der Waals surface area (Å²) in [5, 5.41) is 14.3. The molecule has 3 heterocycles. The van der Waals surface area contributed by atoms with Crippen LogP contribution in [0.4, 0.5) is 5.82 Å². The highest BCUT2D eigenvalue weighted by atomic mass is 32.1. The molecule has 2 N–H and O–H groups in total. The van der Waals surface area contributed by atoms with Crippen molar-refractivity contribution in [2.24, 2.45) is 0 Å². The van der Waals surface area contributed by atoms with E-state index in [1.807, 2.05) is 49.7 Å². The predicted molar refractivity (Wildman–Crippen MR) is 98.5 cm³/mol. The van der Waals surface area contributed by atoms with Crippen molar-refractivity contribution in [1.29, 1.82) is 0 Å². The van der Waals surface area contributed by atoms with Gasteiger partial charge in [0.2, 0.25) is 0 Å². The van der Waals surface area contributed by atoms with Crippen LogP contribution in [0.5, 0.6) is 0 Å². The molecule has 0 atom stereocenters. The average Bonchev–Trinajstić information content (AvgIpc) is 3.20. The summed E-state index contributed by atoms with van der Waals surface area (Å²) >= 11 is 1.51. The summed E-state index contributed by atoms with van der Waals surface area (Å²) in [6, 6.07) is 5.67. The summed E-state index contributed by atoms with van der Waals surface area (Å²) in [5.41, 5.74) is 2.65. The Bertz CT molecular complexity index is 871. The third-order valence-corrected chi connectivity index (χ3v) is 4.23. The Morgan fingerprint density at radius 1 is 1.20 bits per heavy atom. The number of thiophene rings is 1. The number of carbonyl (C=O) groups excluding carboxylic acids is 1. The molecule has 0 spiro atoms. The molecule has 0 fully saturated rings. The Balaban J connectivity index is 1.61. The van der Waals surface area contributed by atoms with Crippen LogP contribution in [0, 0.1) is 20.8 Å². The molecule has 0 aliphatic rings. The van der Waals surface area contributed by atoms with Gasteiger partial charge in [0, 0.05) is 35.8 Å². The van der Waals surface area contributed by atoms with E-state index in [1.54, 1.807) is 4.68 Å². The summed E-state index contributed by atoms with van der Waals surface area (Å²) < 4.78 is 1.80. The van der Waals surface area contributed by atoms with Crippen molar-refractivity contribution in [3.05, 3.63) is 51.7 Å². The Kier molecular flexibility index (Phi) is 5.08. The first-order valence-electron chi connectivity index (χ1n) is 7.96. The number of nitrogens with zero attached hydrogens (tertiary/aromatic N) is 4. The number of carbonyl (C=O) groups is 1. The molecule has 8 heteroatoms. The molecule has 0 saturated heterocycles. The van der Waals surface area contributed by atoms with Crippen LogP contribution in [0.1, 0.15) is 27.6 Å². The van der Waals surface area contributed by atoms with E-state index in [0.29, 0.717) is 30.3 Å². The van der Waals surface area contributed by atoms with Crippen LogP contribution in [0.25, 0.3) is 5.82 Å². The van der Waals surface area contributed by atoms with Gasteiger partial charge in [0.25, 0.3) is 5.91 Å². The summed E-state index contributed by atoms with van der Waals surface area (Å²) in [6.45, 7) is 6.87. The van der Waals surface area contributed by atoms with Gasteiger partial charge in [0.05, 0.1) is 5.69 Å². The molecule has 0 aliphatic carbocycles. The number of nitrogens with one attached hydrogen (secondary N) is 2. The summed E-state index contributed by atoms with van der Waals surface area (Å²) in [6.07, 6.45) is 0. The average molecular weight is 356 g/mol. The van der Waals surface area contributed by atoms with Crippen molar-refractivity contribution >= 4 is 23.1 Å². The Hall–Kier alpha value is -2.74. The lowest BCUT2D eigenvalue weighted by Crippen LogP contribution is -2.28. The summed E-state index contributed by atoms with van der Waals surface area (Å²) in [4.78, 5) is 20.7. The number of anilines is 1. The second-order valence-corrected chi connectivity index (χ2v) is 6.47. The fraction of sp³-hybridized carbons (Fsp3) is 0.294. The van der Waals surface area contributed by atoms with Gasteiger partial charge in [-0.3, -0.25) is 4.79 Å². The standard InChI is InChI=1S/C17H20N6OS/c1-11-8-12(2)23(22-11)16-9-15(20-13(3)21-16)18-5-6-19-17(24)14-4-7-25-10-14/h4,7-10H,5-6H2,1-3H3,(H,19,24)(H,18,20,21). The number of amides is 1. The fourth-order valence-corrected chi connectivity index (χ4v) is 3.11. The number of hydrogen-bond donors (Lipinski definition) is 2. The Morgan fingerprint density at radius 2 is 2.04 bits per heavy atom. The molecule has 0 aromatic carbocycles. The maximum atomic E-state index is 11.9. The molecule has 1 amide bonds. The maximum Gasteiger partial charge on any atom is 0.252 e. The molecule has 130 valence electrons. The van der Waals surface area contributed by atoms with Crippen molar-refractivity contribution in [3.8, 4) is 5.82 Å². The van der Waals surface area contributed by atoms with Gasteiger partial charge in [0.1, 0.15) is 11.6 Å². The van der Waals surface area contributed by atoms with Crippen molar-refractivity contribution in [2.75, 3.05) is 18.4 Å². The van der Waals surface area contributed by atoms with Crippen LogP contribution >= 0.6 is 11.3 Å². The first kappa shape index (κ1) is 17.1. The van der Waals surface area contributed by atoms with Crippen molar-refractivity contribution in [1.82, 2.24) is 25.1 Å². The molecule has 3 aromatic rings. The minimum absolute atomic E-state index is 0.0646. The molecule has 25 heavy (non-hydrogen) atoms. The molecule has 3 rings (SSSR count). The molecule has 3 aromatic heterocycles. The van der Waals surface area contributed by atoms with Crippen molar-refractivity contribution in [3.63, 3.8) is 0 Å². The first-order chi connectivity index (χ1) is 12.0. The molecular weight excluding hydrogens is 336 g/mol. The van der Waals surface area contributed by atoms with E-state index in [0.717, 1.165) is 17.2 Å². The topological polar surface area (TPSA) is 84.7 Å². The molecule has 0 aliphatic heterocycles. The zero-order valence-corrected chi connectivity index (χ0v) is 15.2. The first-order valence-corrected chi connectivity index (χ1v) is 8.91. The van der Waals surface area contributed by atoms with E-state index in [-0.39, 0.29) is 5.91 Å². The van der Waals surface area contributed by atoms with E-state index in [2.05, 4.69) is 25.7 Å². The van der Waals surface area contributed by atoms with Crippen LogP contribution in [0.15, 0.2) is 29.0 Å². The SMILES string of the molecule is Cc1cc(C)n(-c2cc(NCCNC(=O)c3ccsc3)nc(C)n2)n1. The van der Waals surface area contributed by atoms with Crippen molar-refractivity contribution < 1.29 is 4.79 Å². The smallest absolute Gasteiger partial charge is 0.252 e. The summed E-state index contributed by atoms with van der Waals surface area (Å²) in [7, 11) is 0. The van der Waals surface area contributed by atoms with Crippen LogP contribution in [-0.2, 0) is 0 Å². The molecule has 0 radical (unpaired) electrons. The zero-order chi connectivity index (χ0) is 17.8. The van der Waals surface area contributed by atoms with E-state index in [1.165, 1.54) is 11.3 Å². The van der Waals surface area contributed by atoms with Crippen LogP contribution in [0.3, 0.4) is 0 Å². The zero-order valence-electron chi connectivity index (χ0n) is 14.4. The predicted octanol–water partition coefficient (Wildman–Crippen LogP) is 2.49. The van der Waals surface area contributed by atoms with E-state index in [4.69, 9.17) is 0 Å². The van der Waals surface area contributed by atoms with Gasteiger partial charge >= 0.3 is 0 Å². The van der Waals surface area contributed by atoms with Crippen molar-refractivity contribution in [2.45, 2.75) is 20.8 Å². The number of aromatic nitrogens is 4. The molecule has 7 nitrogen and oxygen atoms in total. The number of aryl methyl sites for hydroxylation is 3. The van der Waals surface area contributed by atoms with Gasteiger partial charge in [-0.25, -0.2) is 14.6 Å². The van der Waals surface area contributed by atoms with Gasteiger partial charge in [-0.05, 0) is 38.3 Å². The largest absolute Gasteiger partial charge is 0.368 e. The minimum Gasteiger partial charge on any atom is -0.368 e. The highest BCUT2D eigenvalue weighted by Gasteiger charge is 2.09. The second-order valence-electron chi connectivity index (χ2n) is 5.69. The normalized spacial score (nSPS) is 10.7. The lowest BCUT2D eigenvalue weighted by Gasteiger charge is -2.10. The highest BCUT2D eigenvalue weighted by molar-refractivity contribution is 7.08. The van der Waals surface area contributed by atoms with Gasteiger partial charge in [-0.1, -0.05) is 0 Å². The van der Waals surface area contributed by atoms with Gasteiger partial charge in [-0.15, -0.1) is 0 Å². The second kappa shape index (κ2) is 7.43. The summed E-state index contributed by atoms with van der Waals surface area (Å²) in [5.74, 6) is 2.03. The third-order valence-electron chi connectivity index (χ3n) is 3.55. The lowest BCUT2D eigenvalue weighted by atomic mass is 10.3. The van der Waals surface area contributed by atoms with Crippen LogP contribution in [0.2, 0.25) is 0 Å². The number of hydrogen-bond acceptors (Lipinski definition) is 6. The molecular formula is C17H20N6OS. The van der Waals surface area contributed by atoms with Gasteiger partial charge in [0.15, 0.2) is 5.82 Å². The van der Waals surface area contributed by atoms with E-state index >= 15 is 0 Å². The lowest BCUT2D eigenvalue weighted by molar-refractivity contribution is 0.0955. The third kappa shape index (κ3) is 4.21. The quantitative estimate of drug-likeness (QED) is 0.663. The van der Waals surface area contributed by atoms with Gasteiger partial charge < -0.3 is 10.6 Å². The van der Waals surface area contributed by atoms with E-state index in [9.17, 15) is 4.79 Å². The van der Waals surface area contributed by atoms with Crippen LogP contribution < -0.4 is 10.6 Å². The van der Waals surface area contributed by atoms with E-state index < -0.39 is 0 Å². The monoisotopic (exact) mass is 356 g/mol. The fourth-order valence-electron chi connectivity index (χ4n) is 2.47. The Morgan fingerprint density at radius 3 is 2.72 bits per heavy atom. The van der Waals surface area contributed by atoms with Crippen LogP contribution in [-0.4, -0.2) is 38.7 Å². The Labute approximate surface area is 150 Å².